The molecule has 0 spiro atoms. The summed E-state index contributed by atoms with van der Waals surface area (Å²) in [6.45, 7) is 5.10. The Balaban J connectivity index is 2.87. The van der Waals surface area contributed by atoms with Crippen molar-refractivity contribution in [1.82, 2.24) is 0 Å². The number of aromatic carboxylic acids is 1. The van der Waals surface area contributed by atoms with Gasteiger partial charge in [0.2, 0.25) is 0 Å². The van der Waals surface area contributed by atoms with Crippen LogP contribution in [-0.2, 0) is 0 Å². The smallest absolute Gasteiger partial charge is 0.338 e. The average molecular weight is 253 g/mol. The van der Waals surface area contributed by atoms with Crippen molar-refractivity contribution < 1.29 is 9.90 Å². The van der Waals surface area contributed by atoms with Crippen LogP contribution in [0.5, 0.6) is 0 Å². The minimum absolute atomic E-state index is 0.378. The van der Waals surface area contributed by atoms with E-state index in [2.05, 4.69) is 19.2 Å². The van der Waals surface area contributed by atoms with E-state index in [1.165, 1.54) is 11.8 Å². The summed E-state index contributed by atoms with van der Waals surface area (Å²) in [7, 11) is 0. The molecule has 17 heavy (non-hydrogen) atoms. The Hall–Kier alpha value is -1.16. The highest BCUT2D eigenvalue weighted by molar-refractivity contribution is 7.98. The van der Waals surface area contributed by atoms with Gasteiger partial charge in [0, 0.05) is 17.1 Å². The Bertz CT molecular complexity index is 391. The molecular weight excluding hydrogens is 234 g/mol. The Morgan fingerprint density at radius 3 is 2.71 bits per heavy atom. The molecule has 0 fully saturated rings. The summed E-state index contributed by atoms with van der Waals surface area (Å²) in [6, 6.07) is 5.54. The van der Waals surface area contributed by atoms with E-state index in [0.717, 1.165) is 17.9 Å². The SMILES string of the molecule is CSc1cccc(NCCC(C)C)c1C(=O)O. The van der Waals surface area contributed by atoms with E-state index in [4.69, 9.17) is 0 Å². The van der Waals surface area contributed by atoms with Crippen LogP contribution in [0, 0.1) is 5.92 Å². The molecule has 0 aliphatic carbocycles. The van der Waals surface area contributed by atoms with Crippen LogP contribution >= 0.6 is 11.8 Å². The van der Waals surface area contributed by atoms with Crippen LogP contribution in [0.1, 0.15) is 30.6 Å². The fourth-order valence-corrected chi connectivity index (χ4v) is 2.18. The van der Waals surface area contributed by atoms with Gasteiger partial charge < -0.3 is 10.4 Å². The van der Waals surface area contributed by atoms with Gasteiger partial charge in [-0.25, -0.2) is 4.79 Å². The first-order valence-electron chi connectivity index (χ1n) is 5.70. The lowest BCUT2D eigenvalue weighted by Crippen LogP contribution is -2.10. The zero-order valence-electron chi connectivity index (χ0n) is 10.5. The lowest BCUT2D eigenvalue weighted by atomic mass is 10.1. The molecule has 3 nitrogen and oxygen atoms in total. The lowest BCUT2D eigenvalue weighted by molar-refractivity contribution is 0.0694. The molecule has 0 bridgehead atoms. The topological polar surface area (TPSA) is 49.3 Å². The fraction of sp³-hybridized carbons (Fsp3) is 0.462. The average Bonchev–Trinajstić information content (AvgIpc) is 2.27. The molecule has 0 heterocycles. The standard InChI is InChI=1S/C13H19NO2S/c1-9(2)7-8-14-10-5-4-6-11(17-3)12(10)13(15)16/h4-6,9,14H,7-8H2,1-3H3,(H,15,16). The molecule has 2 N–H and O–H groups in total. The van der Waals surface area contributed by atoms with Gasteiger partial charge in [-0.3, -0.25) is 0 Å². The van der Waals surface area contributed by atoms with Crippen LogP contribution in [-0.4, -0.2) is 23.9 Å². The molecular formula is C13H19NO2S. The van der Waals surface area contributed by atoms with E-state index in [9.17, 15) is 9.90 Å². The fourth-order valence-electron chi connectivity index (χ4n) is 1.56. The summed E-state index contributed by atoms with van der Waals surface area (Å²) in [5.41, 5.74) is 1.09. The number of benzene rings is 1. The summed E-state index contributed by atoms with van der Waals surface area (Å²) in [4.78, 5) is 12.0. The third-order valence-corrected chi connectivity index (χ3v) is 3.28. The molecule has 94 valence electrons. The van der Waals surface area contributed by atoms with Gasteiger partial charge in [-0.15, -0.1) is 11.8 Å². The Kier molecular flexibility index (Phi) is 5.35. The van der Waals surface area contributed by atoms with E-state index in [-0.39, 0.29) is 0 Å². The van der Waals surface area contributed by atoms with Crippen molar-refractivity contribution in [2.24, 2.45) is 5.92 Å². The van der Waals surface area contributed by atoms with Crippen LogP contribution in [0.2, 0.25) is 0 Å². The Morgan fingerprint density at radius 2 is 2.18 bits per heavy atom. The van der Waals surface area contributed by atoms with Gasteiger partial charge >= 0.3 is 5.97 Å². The third-order valence-electron chi connectivity index (χ3n) is 2.50. The Labute approximate surface area is 107 Å². The number of carboxylic acid groups (broad SMARTS) is 1. The number of hydrogen-bond donors (Lipinski definition) is 2. The molecule has 0 aliphatic rings. The van der Waals surface area contributed by atoms with Crippen LogP contribution in [0.3, 0.4) is 0 Å². The monoisotopic (exact) mass is 253 g/mol. The van der Waals surface area contributed by atoms with E-state index in [1.54, 1.807) is 0 Å². The largest absolute Gasteiger partial charge is 0.478 e. The molecule has 0 saturated heterocycles. The second-order valence-corrected chi connectivity index (χ2v) is 5.15. The zero-order valence-corrected chi connectivity index (χ0v) is 11.3. The predicted octanol–water partition coefficient (Wildman–Crippen LogP) is 3.56. The molecule has 1 aromatic rings. The first-order valence-corrected chi connectivity index (χ1v) is 6.93. The second kappa shape index (κ2) is 6.55. The number of rotatable bonds is 6. The quantitative estimate of drug-likeness (QED) is 0.761. The van der Waals surface area contributed by atoms with Crippen molar-refractivity contribution >= 4 is 23.4 Å². The third kappa shape index (κ3) is 3.97. The van der Waals surface area contributed by atoms with Crippen molar-refractivity contribution in [3.63, 3.8) is 0 Å². The lowest BCUT2D eigenvalue weighted by Gasteiger charge is -2.13. The van der Waals surface area contributed by atoms with Gasteiger partial charge in [-0.1, -0.05) is 19.9 Å². The summed E-state index contributed by atoms with van der Waals surface area (Å²) in [6.07, 6.45) is 2.92. The van der Waals surface area contributed by atoms with E-state index in [0.29, 0.717) is 17.2 Å². The zero-order chi connectivity index (χ0) is 12.8. The number of thioether (sulfide) groups is 1. The first-order chi connectivity index (χ1) is 8.06. The van der Waals surface area contributed by atoms with Gasteiger partial charge in [0.15, 0.2) is 0 Å². The highest BCUT2D eigenvalue weighted by Crippen LogP contribution is 2.27. The van der Waals surface area contributed by atoms with Crippen molar-refractivity contribution in [3.8, 4) is 0 Å². The van der Waals surface area contributed by atoms with E-state index in [1.807, 2.05) is 24.5 Å². The van der Waals surface area contributed by atoms with Crippen molar-refractivity contribution in [3.05, 3.63) is 23.8 Å². The number of anilines is 1. The molecule has 0 aliphatic heterocycles. The molecule has 1 rings (SSSR count). The first kappa shape index (κ1) is 13.9. The molecule has 4 heteroatoms. The maximum atomic E-state index is 11.2. The van der Waals surface area contributed by atoms with Gasteiger partial charge in [0.25, 0.3) is 0 Å². The molecule has 1 aromatic carbocycles. The minimum Gasteiger partial charge on any atom is -0.478 e. The predicted molar refractivity (Wildman–Crippen MR) is 73.1 cm³/mol. The van der Waals surface area contributed by atoms with Crippen molar-refractivity contribution in [1.29, 1.82) is 0 Å². The Morgan fingerprint density at radius 1 is 1.47 bits per heavy atom. The van der Waals surface area contributed by atoms with E-state index >= 15 is 0 Å². The molecule has 0 aromatic heterocycles. The maximum absolute atomic E-state index is 11.2. The number of hydrogen-bond acceptors (Lipinski definition) is 3. The van der Waals surface area contributed by atoms with Gasteiger partial charge in [-0.2, -0.15) is 0 Å². The van der Waals surface area contributed by atoms with Crippen LogP contribution in [0.4, 0.5) is 5.69 Å². The molecule has 0 saturated carbocycles. The number of carboxylic acids is 1. The normalized spacial score (nSPS) is 10.6. The molecule has 0 amide bonds. The van der Waals surface area contributed by atoms with Crippen molar-refractivity contribution in [2.45, 2.75) is 25.2 Å². The van der Waals surface area contributed by atoms with E-state index < -0.39 is 5.97 Å². The summed E-state index contributed by atoms with van der Waals surface area (Å²) in [5.74, 6) is -0.262. The van der Waals surface area contributed by atoms with Crippen LogP contribution < -0.4 is 5.32 Å². The van der Waals surface area contributed by atoms with Gasteiger partial charge in [-0.05, 0) is 30.7 Å². The highest BCUT2D eigenvalue weighted by Gasteiger charge is 2.14. The molecule has 0 unspecified atom stereocenters. The van der Waals surface area contributed by atoms with Gasteiger partial charge in [0.05, 0.1) is 5.56 Å². The number of nitrogens with one attached hydrogen (secondary N) is 1. The minimum atomic E-state index is -0.873. The highest BCUT2D eigenvalue weighted by atomic mass is 32.2. The van der Waals surface area contributed by atoms with Crippen LogP contribution in [0.15, 0.2) is 23.1 Å². The maximum Gasteiger partial charge on any atom is 0.338 e. The molecule has 0 radical (unpaired) electrons. The van der Waals surface area contributed by atoms with Crippen LogP contribution in [0.25, 0.3) is 0 Å². The summed E-state index contributed by atoms with van der Waals surface area (Å²) >= 11 is 1.46. The summed E-state index contributed by atoms with van der Waals surface area (Å²) in [5, 5.41) is 12.4. The molecule has 0 atom stereocenters. The van der Waals surface area contributed by atoms with Crippen molar-refractivity contribution in [2.75, 3.05) is 18.1 Å². The summed E-state index contributed by atoms with van der Waals surface area (Å²) < 4.78 is 0. The van der Waals surface area contributed by atoms with Gasteiger partial charge in [0.1, 0.15) is 0 Å². The number of carbonyl (C=O) groups is 1. The second-order valence-electron chi connectivity index (χ2n) is 4.30.